The number of halogens is 1. The van der Waals surface area contributed by atoms with Crippen molar-refractivity contribution in [1.29, 1.82) is 0 Å². The van der Waals surface area contributed by atoms with E-state index in [0.717, 1.165) is 29.9 Å². The summed E-state index contributed by atoms with van der Waals surface area (Å²) in [5.74, 6) is 0.0119. The third-order valence-corrected chi connectivity index (χ3v) is 4.48. The van der Waals surface area contributed by atoms with Crippen LogP contribution < -0.4 is 10.6 Å². The van der Waals surface area contributed by atoms with Gasteiger partial charge >= 0.3 is 0 Å². The Morgan fingerprint density at radius 3 is 3.10 bits per heavy atom. The van der Waals surface area contributed by atoms with E-state index >= 15 is 0 Å². The Balaban J connectivity index is 0.00000161. The minimum Gasteiger partial charge on any atom is -0.314 e. The van der Waals surface area contributed by atoms with Gasteiger partial charge in [-0.15, -0.1) is 12.4 Å². The van der Waals surface area contributed by atoms with Gasteiger partial charge in [-0.1, -0.05) is 23.5 Å². The predicted octanol–water partition coefficient (Wildman–Crippen LogP) is 1.95. The molecule has 1 saturated heterocycles. The van der Waals surface area contributed by atoms with Crippen LogP contribution in [0.15, 0.2) is 24.3 Å². The fourth-order valence-electron chi connectivity index (χ4n) is 2.39. The van der Waals surface area contributed by atoms with Gasteiger partial charge in [0, 0.05) is 25.7 Å². The molecule has 0 bridgehead atoms. The van der Waals surface area contributed by atoms with Crippen molar-refractivity contribution in [2.24, 2.45) is 0 Å². The summed E-state index contributed by atoms with van der Waals surface area (Å²) in [4.78, 5) is 18.7. The maximum atomic E-state index is 12.1. The van der Waals surface area contributed by atoms with Crippen LogP contribution in [0.1, 0.15) is 6.92 Å². The van der Waals surface area contributed by atoms with E-state index < -0.39 is 0 Å². The van der Waals surface area contributed by atoms with Gasteiger partial charge in [0.1, 0.15) is 0 Å². The molecule has 3 rings (SSSR count). The molecule has 21 heavy (non-hydrogen) atoms. The third-order valence-electron chi connectivity index (χ3n) is 3.53. The summed E-state index contributed by atoms with van der Waals surface area (Å²) in [6.45, 7) is 5.36. The first-order valence-electron chi connectivity index (χ1n) is 6.82. The quantitative estimate of drug-likeness (QED) is 0.905. The lowest BCUT2D eigenvalue weighted by atomic mass is 10.2. The van der Waals surface area contributed by atoms with Crippen molar-refractivity contribution >= 4 is 45.0 Å². The molecule has 2 heterocycles. The monoisotopic (exact) mass is 326 g/mol. The minimum atomic E-state index is 0. The minimum absolute atomic E-state index is 0. The second kappa shape index (κ2) is 7.17. The number of aromatic nitrogens is 1. The molecule has 7 heteroatoms. The first-order valence-corrected chi connectivity index (χ1v) is 7.64. The number of para-hydroxylation sites is 1. The first kappa shape index (κ1) is 16.2. The summed E-state index contributed by atoms with van der Waals surface area (Å²) in [5.41, 5.74) is 0.934. The van der Waals surface area contributed by atoms with Crippen molar-refractivity contribution < 1.29 is 4.79 Å². The van der Waals surface area contributed by atoms with Crippen LogP contribution >= 0.6 is 23.7 Å². The highest BCUT2D eigenvalue weighted by atomic mass is 35.5. The highest BCUT2D eigenvalue weighted by molar-refractivity contribution is 7.22. The Kier molecular flexibility index (Phi) is 5.52. The van der Waals surface area contributed by atoms with Gasteiger partial charge in [-0.05, 0) is 19.1 Å². The van der Waals surface area contributed by atoms with Gasteiger partial charge in [0.25, 0.3) is 0 Å². The van der Waals surface area contributed by atoms with Gasteiger partial charge in [0.05, 0.1) is 16.8 Å². The molecule has 1 unspecified atom stereocenters. The van der Waals surface area contributed by atoms with Crippen LogP contribution in [0.5, 0.6) is 0 Å². The topological polar surface area (TPSA) is 57.3 Å². The van der Waals surface area contributed by atoms with Gasteiger partial charge < -0.3 is 10.6 Å². The van der Waals surface area contributed by atoms with E-state index in [1.54, 1.807) is 0 Å². The lowest BCUT2D eigenvalue weighted by Crippen LogP contribution is -2.51. The summed E-state index contributed by atoms with van der Waals surface area (Å²) in [6.07, 6.45) is 0. The Morgan fingerprint density at radius 1 is 1.52 bits per heavy atom. The number of thiazole rings is 1. The van der Waals surface area contributed by atoms with E-state index in [-0.39, 0.29) is 18.3 Å². The predicted molar refractivity (Wildman–Crippen MR) is 89.4 cm³/mol. The molecule has 1 fully saturated rings. The molecule has 2 aromatic rings. The molecule has 1 amide bonds. The van der Waals surface area contributed by atoms with Gasteiger partial charge in [-0.2, -0.15) is 0 Å². The molecule has 0 radical (unpaired) electrons. The van der Waals surface area contributed by atoms with Crippen molar-refractivity contribution in [3.8, 4) is 0 Å². The summed E-state index contributed by atoms with van der Waals surface area (Å²) in [7, 11) is 0. The summed E-state index contributed by atoms with van der Waals surface area (Å²) >= 11 is 1.51. The van der Waals surface area contributed by atoms with Crippen molar-refractivity contribution in [2.75, 3.05) is 31.5 Å². The number of piperazine rings is 1. The van der Waals surface area contributed by atoms with Crippen molar-refractivity contribution in [1.82, 2.24) is 15.2 Å². The molecule has 5 nitrogen and oxygen atoms in total. The number of carbonyl (C=O) groups is 1. The molecule has 0 saturated carbocycles. The molecule has 2 N–H and O–H groups in total. The number of rotatable bonds is 3. The normalized spacial score (nSPS) is 19.2. The van der Waals surface area contributed by atoms with E-state index in [1.165, 1.54) is 11.3 Å². The molecule has 0 aliphatic carbocycles. The Bertz CT molecular complexity index is 585. The van der Waals surface area contributed by atoms with Crippen LogP contribution in [0.3, 0.4) is 0 Å². The molecule has 1 atom stereocenters. The summed E-state index contributed by atoms with van der Waals surface area (Å²) in [6, 6.07) is 8.30. The fourth-order valence-corrected chi connectivity index (χ4v) is 3.27. The van der Waals surface area contributed by atoms with Gasteiger partial charge in [0.15, 0.2) is 5.13 Å². The van der Waals surface area contributed by atoms with Crippen LogP contribution in [0.25, 0.3) is 10.2 Å². The Morgan fingerprint density at radius 2 is 2.33 bits per heavy atom. The number of nitrogens with one attached hydrogen (secondary N) is 2. The molecule has 1 aliphatic heterocycles. The standard InChI is InChI=1S/C14H18N4OS.ClH/c1-10-8-15-6-7-18(10)9-13(19)17-14-16-11-4-2-3-5-12(11)20-14;/h2-5,10,15H,6-9H2,1H3,(H,16,17,19);1H. The van der Waals surface area contributed by atoms with Crippen LogP contribution in [0, 0.1) is 0 Å². The number of amides is 1. The number of carbonyl (C=O) groups excluding carboxylic acids is 1. The second-order valence-electron chi connectivity index (χ2n) is 5.06. The number of fused-ring (bicyclic) bond motifs is 1. The molecule has 0 spiro atoms. The van der Waals surface area contributed by atoms with E-state index in [9.17, 15) is 4.79 Å². The van der Waals surface area contributed by atoms with Crippen LogP contribution in [0.4, 0.5) is 5.13 Å². The zero-order chi connectivity index (χ0) is 13.9. The van der Waals surface area contributed by atoms with Gasteiger partial charge in [-0.3, -0.25) is 9.69 Å². The Labute approximate surface area is 134 Å². The maximum absolute atomic E-state index is 12.1. The van der Waals surface area contributed by atoms with Gasteiger partial charge in [-0.25, -0.2) is 4.98 Å². The SMILES string of the molecule is CC1CNCCN1CC(=O)Nc1nc2ccccc2s1.Cl. The molecular formula is C14H19ClN4OS. The number of benzene rings is 1. The summed E-state index contributed by atoms with van der Waals surface area (Å²) < 4.78 is 1.10. The molecule has 114 valence electrons. The fraction of sp³-hybridized carbons (Fsp3) is 0.429. The number of hydrogen-bond donors (Lipinski definition) is 2. The Hall–Kier alpha value is -1.21. The number of hydrogen-bond acceptors (Lipinski definition) is 5. The van der Waals surface area contributed by atoms with E-state index in [4.69, 9.17) is 0 Å². The third kappa shape index (κ3) is 3.91. The molecule has 1 aromatic heterocycles. The second-order valence-corrected chi connectivity index (χ2v) is 6.09. The van der Waals surface area contributed by atoms with E-state index in [0.29, 0.717) is 17.7 Å². The zero-order valence-corrected chi connectivity index (χ0v) is 13.5. The lowest BCUT2D eigenvalue weighted by molar-refractivity contribution is -0.118. The van der Waals surface area contributed by atoms with Gasteiger partial charge in [0.2, 0.25) is 5.91 Å². The van der Waals surface area contributed by atoms with Crippen molar-refractivity contribution in [2.45, 2.75) is 13.0 Å². The molecular weight excluding hydrogens is 308 g/mol. The lowest BCUT2D eigenvalue weighted by Gasteiger charge is -2.33. The van der Waals surface area contributed by atoms with Crippen LogP contribution in [0.2, 0.25) is 0 Å². The number of nitrogens with zero attached hydrogens (tertiary/aromatic N) is 2. The average Bonchev–Trinajstić information content (AvgIpc) is 2.83. The highest BCUT2D eigenvalue weighted by Gasteiger charge is 2.20. The first-order chi connectivity index (χ1) is 9.72. The maximum Gasteiger partial charge on any atom is 0.240 e. The smallest absolute Gasteiger partial charge is 0.240 e. The highest BCUT2D eigenvalue weighted by Crippen LogP contribution is 2.25. The van der Waals surface area contributed by atoms with E-state index in [1.807, 2.05) is 24.3 Å². The molecule has 1 aliphatic rings. The molecule has 1 aromatic carbocycles. The van der Waals surface area contributed by atoms with Crippen LogP contribution in [-0.2, 0) is 4.79 Å². The largest absolute Gasteiger partial charge is 0.314 e. The summed E-state index contributed by atoms with van der Waals surface area (Å²) in [5, 5.41) is 6.91. The van der Waals surface area contributed by atoms with Crippen molar-refractivity contribution in [3.63, 3.8) is 0 Å². The average molecular weight is 327 g/mol. The van der Waals surface area contributed by atoms with E-state index in [2.05, 4.69) is 27.4 Å². The van der Waals surface area contributed by atoms with Crippen LogP contribution in [-0.4, -0.2) is 48.0 Å². The number of anilines is 1. The zero-order valence-electron chi connectivity index (χ0n) is 11.8. The van der Waals surface area contributed by atoms with Crippen molar-refractivity contribution in [3.05, 3.63) is 24.3 Å².